The standard InChI is InChI=1S/2C15H22O2.Co/c2*1-14(2,3)11-7-10(9-16)13(17)12(8-11)15(4,5)6;/h2*7-9,17H,1-6H3;/q;;+2. The maximum atomic E-state index is 11.0. The number of aldehydes is 2. The van der Waals surface area contributed by atoms with Gasteiger partial charge in [-0.25, -0.2) is 0 Å². The minimum atomic E-state index is -0.177. The molecule has 0 unspecified atom stereocenters. The van der Waals surface area contributed by atoms with Crippen LogP contribution in [0.1, 0.15) is 126 Å². The maximum Gasteiger partial charge on any atom is 2.00 e. The Balaban J connectivity index is 0.000000642. The Morgan fingerprint density at radius 2 is 0.771 bits per heavy atom. The van der Waals surface area contributed by atoms with Crippen molar-refractivity contribution in [3.8, 4) is 11.5 Å². The Labute approximate surface area is 222 Å². The molecule has 0 fully saturated rings. The fourth-order valence-electron chi connectivity index (χ4n) is 3.50. The van der Waals surface area contributed by atoms with E-state index in [0.717, 1.165) is 34.8 Å². The van der Waals surface area contributed by atoms with E-state index in [1.807, 2.05) is 53.7 Å². The van der Waals surface area contributed by atoms with Crippen LogP contribution in [0.2, 0.25) is 0 Å². The summed E-state index contributed by atoms with van der Waals surface area (Å²) in [6.07, 6.45) is 1.44. The summed E-state index contributed by atoms with van der Waals surface area (Å²) in [4.78, 5) is 22.1. The normalized spacial score (nSPS) is 12.2. The molecule has 0 saturated heterocycles. The smallest absolute Gasteiger partial charge is 0.507 e. The Morgan fingerprint density at radius 3 is 0.943 bits per heavy atom. The van der Waals surface area contributed by atoms with E-state index in [-0.39, 0.29) is 49.9 Å². The van der Waals surface area contributed by atoms with Gasteiger partial charge in [0.15, 0.2) is 12.6 Å². The van der Waals surface area contributed by atoms with Crippen LogP contribution in [-0.4, -0.2) is 22.8 Å². The predicted molar refractivity (Wildman–Crippen MR) is 142 cm³/mol. The number of hydrogen-bond donors (Lipinski definition) is 2. The summed E-state index contributed by atoms with van der Waals surface area (Å²) >= 11 is 0. The summed E-state index contributed by atoms with van der Waals surface area (Å²) in [6, 6.07) is 7.56. The molecule has 195 valence electrons. The van der Waals surface area contributed by atoms with Crippen molar-refractivity contribution in [2.75, 3.05) is 0 Å². The Bertz CT molecular complexity index is 955. The number of aromatic hydroxyl groups is 2. The first-order valence-corrected chi connectivity index (χ1v) is 11.8. The van der Waals surface area contributed by atoms with Gasteiger partial charge in [-0.05, 0) is 44.9 Å². The molecule has 35 heavy (non-hydrogen) atoms. The molecule has 5 heteroatoms. The molecule has 4 nitrogen and oxygen atoms in total. The minimum absolute atomic E-state index is 0. The monoisotopic (exact) mass is 527 g/mol. The van der Waals surface area contributed by atoms with Crippen molar-refractivity contribution in [1.29, 1.82) is 0 Å². The van der Waals surface area contributed by atoms with Gasteiger partial charge in [-0.15, -0.1) is 0 Å². The zero-order valence-corrected chi connectivity index (χ0v) is 24.5. The van der Waals surface area contributed by atoms with E-state index >= 15 is 0 Å². The van der Waals surface area contributed by atoms with E-state index in [1.165, 1.54) is 0 Å². The summed E-state index contributed by atoms with van der Waals surface area (Å²) in [5, 5.41) is 20.2. The second-order valence-electron chi connectivity index (χ2n) is 13.2. The fourth-order valence-corrected chi connectivity index (χ4v) is 3.50. The summed E-state index contributed by atoms with van der Waals surface area (Å²) in [7, 11) is 0. The molecular formula is C30H44CoO4+2. The third kappa shape index (κ3) is 8.50. The van der Waals surface area contributed by atoms with Gasteiger partial charge in [0.2, 0.25) is 0 Å². The molecule has 0 aromatic heterocycles. The molecule has 1 radical (unpaired) electrons. The molecule has 0 amide bonds. The third-order valence-electron chi connectivity index (χ3n) is 5.88. The average molecular weight is 528 g/mol. The fraction of sp³-hybridized carbons (Fsp3) is 0.533. The van der Waals surface area contributed by atoms with Crippen molar-refractivity contribution in [3.63, 3.8) is 0 Å². The summed E-state index contributed by atoms with van der Waals surface area (Å²) in [6.45, 7) is 24.8. The number of phenolic OH excluding ortho intramolecular Hbond substituents is 2. The molecule has 0 aliphatic heterocycles. The van der Waals surface area contributed by atoms with Crippen molar-refractivity contribution in [3.05, 3.63) is 57.6 Å². The van der Waals surface area contributed by atoms with E-state index in [4.69, 9.17) is 0 Å². The molecule has 2 rings (SSSR count). The van der Waals surface area contributed by atoms with Gasteiger partial charge in [0.1, 0.15) is 11.5 Å². The Kier molecular flexibility index (Phi) is 10.6. The third-order valence-corrected chi connectivity index (χ3v) is 5.88. The molecule has 0 saturated carbocycles. The molecule has 0 atom stereocenters. The van der Waals surface area contributed by atoms with E-state index in [1.54, 1.807) is 12.1 Å². The Morgan fingerprint density at radius 1 is 0.514 bits per heavy atom. The average Bonchev–Trinajstić information content (AvgIpc) is 2.65. The SMILES string of the molecule is CC(C)(C)c1cc(C=O)c(O)c(C(C)(C)C)c1.CC(C)(C)c1cc(C=O)c(O)c(C(C)(C)C)c1.[Co+2]. The summed E-state index contributed by atoms with van der Waals surface area (Å²) in [5.41, 5.74) is 4.12. The molecule has 0 bridgehead atoms. The summed E-state index contributed by atoms with van der Waals surface area (Å²) in [5.74, 6) is 0.223. The van der Waals surface area contributed by atoms with Crippen LogP contribution >= 0.6 is 0 Å². The van der Waals surface area contributed by atoms with Crippen LogP contribution < -0.4 is 0 Å². The molecule has 2 aromatic rings. The van der Waals surface area contributed by atoms with Crippen LogP contribution in [0.25, 0.3) is 0 Å². The van der Waals surface area contributed by atoms with Gasteiger partial charge in [0.25, 0.3) is 0 Å². The van der Waals surface area contributed by atoms with Crippen LogP contribution in [0.4, 0.5) is 0 Å². The molecular weight excluding hydrogens is 483 g/mol. The quantitative estimate of drug-likeness (QED) is 0.395. The topological polar surface area (TPSA) is 74.6 Å². The molecule has 2 aromatic carbocycles. The van der Waals surface area contributed by atoms with Crippen LogP contribution in [0, 0.1) is 0 Å². The van der Waals surface area contributed by atoms with Crippen molar-refractivity contribution < 1.29 is 36.6 Å². The van der Waals surface area contributed by atoms with Crippen LogP contribution in [0.3, 0.4) is 0 Å². The first kappa shape index (κ1) is 32.9. The van der Waals surface area contributed by atoms with Gasteiger partial charge in [0.05, 0.1) is 11.1 Å². The van der Waals surface area contributed by atoms with E-state index in [2.05, 4.69) is 41.5 Å². The largest absolute Gasteiger partial charge is 2.00 e. The van der Waals surface area contributed by atoms with Gasteiger partial charge in [-0.2, -0.15) is 0 Å². The van der Waals surface area contributed by atoms with Gasteiger partial charge in [-0.3, -0.25) is 9.59 Å². The van der Waals surface area contributed by atoms with Gasteiger partial charge in [0, 0.05) is 11.1 Å². The van der Waals surface area contributed by atoms with Crippen molar-refractivity contribution in [2.24, 2.45) is 0 Å². The number of benzene rings is 2. The number of carbonyl (C=O) groups is 2. The number of hydrogen-bond acceptors (Lipinski definition) is 4. The van der Waals surface area contributed by atoms with Crippen LogP contribution in [0.15, 0.2) is 24.3 Å². The number of phenols is 2. The maximum absolute atomic E-state index is 11.0. The Hall–Kier alpha value is -2.11. The first-order valence-electron chi connectivity index (χ1n) is 11.8. The van der Waals surface area contributed by atoms with Crippen molar-refractivity contribution in [2.45, 2.75) is 105 Å². The van der Waals surface area contributed by atoms with E-state index < -0.39 is 0 Å². The van der Waals surface area contributed by atoms with Crippen LogP contribution in [-0.2, 0) is 38.4 Å². The van der Waals surface area contributed by atoms with Gasteiger partial charge in [-0.1, -0.05) is 95.2 Å². The molecule has 0 aliphatic carbocycles. The zero-order chi connectivity index (χ0) is 26.9. The van der Waals surface area contributed by atoms with Crippen molar-refractivity contribution in [1.82, 2.24) is 0 Å². The predicted octanol–water partition coefficient (Wildman–Crippen LogP) is 7.60. The van der Waals surface area contributed by atoms with Crippen LogP contribution in [0.5, 0.6) is 11.5 Å². The molecule has 0 aliphatic rings. The second kappa shape index (κ2) is 11.3. The van der Waals surface area contributed by atoms with Gasteiger partial charge >= 0.3 is 16.8 Å². The number of carbonyl (C=O) groups excluding carboxylic acids is 2. The zero-order valence-electron chi connectivity index (χ0n) is 23.5. The van der Waals surface area contributed by atoms with E-state index in [0.29, 0.717) is 11.1 Å². The summed E-state index contributed by atoms with van der Waals surface area (Å²) < 4.78 is 0. The molecule has 0 spiro atoms. The van der Waals surface area contributed by atoms with E-state index in [9.17, 15) is 19.8 Å². The minimum Gasteiger partial charge on any atom is -0.507 e. The number of rotatable bonds is 2. The molecule has 0 heterocycles. The van der Waals surface area contributed by atoms with Crippen molar-refractivity contribution >= 4 is 12.6 Å². The molecule has 2 N–H and O–H groups in total. The first-order chi connectivity index (χ1) is 15.1. The second-order valence-corrected chi connectivity index (χ2v) is 13.2. The van der Waals surface area contributed by atoms with Gasteiger partial charge < -0.3 is 10.2 Å².